The van der Waals surface area contributed by atoms with Crippen LogP contribution in [0.1, 0.15) is 0 Å². The van der Waals surface area contributed by atoms with Gasteiger partial charge in [0.25, 0.3) is 0 Å². The minimum Gasteiger partial charge on any atom is -0.307 e. The topological polar surface area (TPSA) is 44.4 Å². The van der Waals surface area contributed by atoms with Crippen molar-refractivity contribution in [3.8, 4) is 0 Å². The van der Waals surface area contributed by atoms with Crippen molar-refractivity contribution in [2.45, 2.75) is 0 Å². The smallest absolute Gasteiger partial charge is 0.307 e. The zero-order valence-electron chi connectivity index (χ0n) is 12.8. The predicted octanol–water partition coefficient (Wildman–Crippen LogP) is 4.70. The molecule has 3 rings (SSSR count). The van der Waals surface area contributed by atoms with Crippen LogP contribution in [0.25, 0.3) is 0 Å². The lowest BCUT2D eigenvalue weighted by Gasteiger charge is -2.25. The molecule has 0 aliphatic carbocycles. The first kappa shape index (κ1) is 15.6. The second-order valence-electron chi connectivity index (χ2n) is 5.08. The Hall–Kier alpha value is -3.34. The second kappa shape index (κ2) is 7.28. The van der Waals surface area contributed by atoms with E-state index in [0.717, 1.165) is 11.4 Å². The van der Waals surface area contributed by atoms with Crippen molar-refractivity contribution in [1.29, 1.82) is 0 Å². The van der Waals surface area contributed by atoms with Crippen LogP contribution in [0, 0.1) is 5.82 Å². The molecule has 0 unspecified atom stereocenters. The number of nitrogens with one attached hydrogen (secondary N) is 2. The number of urea groups is 1. The first-order valence-corrected chi connectivity index (χ1v) is 7.46. The summed E-state index contributed by atoms with van der Waals surface area (Å²) in [5.41, 5.74) is 4.95. The van der Waals surface area contributed by atoms with Gasteiger partial charge in [-0.3, -0.25) is 5.01 Å². The highest BCUT2D eigenvalue weighted by atomic mass is 19.1. The third-order valence-electron chi connectivity index (χ3n) is 3.34. The molecular weight excluding hydrogens is 305 g/mol. The van der Waals surface area contributed by atoms with Crippen molar-refractivity contribution in [2.75, 3.05) is 10.3 Å². The molecule has 0 saturated carbocycles. The van der Waals surface area contributed by atoms with Crippen LogP contribution in [0.15, 0.2) is 84.9 Å². The molecule has 0 radical (unpaired) electrons. The number of hydrogen-bond donors (Lipinski definition) is 2. The molecule has 0 heterocycles. The van der Waals surface area contributed by atoms with E-state index in [1.807, 2.05) is 60.7 Å². The van der Waals surface area contributed by atoms with Gasteiger partial charge < -0.3 is 5.32 Å². The largest absolute Gasteiger partial charge is 0.338 e. The highest BCUT2D eigenvalue weighted by Gasteiger charge is 2.12. The third kappa shape index (κ3) is 3.89. The van der Waals surface area contributed by atoms with Crippen LogP contribution in [-0.2, 0) is 0 Å². The quantitative estimate of drug-likeness (QED) is 0.684. The lowest BCUT2D eigenvalue weighted by molar-refractivity contribution is 0.252. The average molecular weight is 321 g/mol. The molecule has 24 heavy (non-hydrogen) atoms. The standard InChI is InChI=1S/C19H16FN3O/c20-15-11-13-16(14-12-15)21-19(24)22-23(17-7-3-1-4-8-17)18-9-5-2-6-10-18/h1-14H,(H2,21,22,24). The van der Waals surface area contributed by atoms with Gasteiger partial charge in [0.2, 0.25) is 0 Å². The summed E-state index contributed by atoms with van der Waals surface area (Å²) in [6, 6.07) is 24.1. The van der Waals surface area contributed by atoms with Gasteiger partial charge >= 0.3 is 6.03 Å². The lowest BCUT2D eigenvalue weighted by Crippen LogP contribution is -2.41. The number of hydrazine groups is 1. The van der Waals surface area contributed by atoms with Crippen molar-refractivity contribution < 1.29 is 9.18 Å². The number of rotatable bonds is 4. The molecule has 4 nitrogen and oxygen atoms in total. The first-order chi connectivity index (χ1) is 11.7. The number of nitrogens with zero attached hydrogens (tertiary/aromatic N) is 1. The van der Waals surface area contributed by atoms with Gasteiger partial charge in [0.15, 0.2) is 0 Å². The Labute approximate surface area is 139 Å². The molecule has 0 spiro atoms. The molecule has 0 aliphatic rings. The van der Waals surface area contributed by atoms with E-state index in [1.54, 1.807) is 5.01 Å². The van der Waals surface area contributed by atoms with E-state index in [2.05, 4.69) is 10.7 Å². The van der Waals surface area contributed by atoms with E-state index >= 15 is 0 Å². The molecule has 3 aromatic rings. The summed E-state index contributed by atoms with van der Waals surface area (Å²) in [4.78, 5) is 12.3. The maximum Gasteiger partial charge on any atom is 0.338 e. The Balaban J connectivity index is 1.79. The van der Waals surface area contributed by atoms with Crippen LogP contribution in [0.5, 0.6) is 0 Å². The van der Waals surface area contributed by atoms with Crippen molar-refractivity contribution in [2.24, 2.45) is 0 Å². The molecule has 5 heteroatoms. The van der Waals surface area contributed by atoms with Gasteiger partial charge in [-0.15, -0.1) is 0 Å². The number of benzene rings is 3. The summed E-state index contributed by atoms with van der Waals surface area (Å²) >= 11 is 0. The second-order valence-corrected chi connectivity index (χ2v) is 5.08. The molecule has 2 amide bonds. The maximum absolute atomic E-state index is 12.9. The summed E-state index contributed by atoms with van der Waals surface area (Å²) in [6.45, 7) is 0. The number of halogens is 1. The van der Waals surface area contributed by atoms with Crippen molar-refractivity contribution in [3.63, 3.8) is 0 Å². The number of carbonyl (C=O) groups is 1. The molecule has 0 aliphatic heterocycles. The van der Waals surface area contributed by atoms with Crippen LogP contribution < -0.4 is 15.8 Å². The van der Waals surface area contributed by atoms with E-state index in [9.17, 15) is 9.18 Å². The summed E-state index contributed by atoms with van der Waals surface area (Å²) < 4.78 is 12.9. The Morgan fingerprint density at radius 2 is 1.25 bits per heavy atom. The van der Waals surface area contributed by atoms with Crippen molar-refractivity contribution in [1.82, 2.24) is 5.43 Å². The van der Waals surface area contributed by atoms with Crippen LogP contribution in [0.4, 0.5) is 26.2 Å². The zero-order valence-corrected chi connectivity index (χ0v) is 12.8. The van der Waals surface area contributed by atoms with E-state index in [1.165, 1.54) is 24.3 Å². The van der Waals surface area contributed by atoms with Crippen LogP contribution in [-0.4, -0.2) is 6.03 Å². The van der Waals surface area contributed by atoms with Gasteiger partial charge in [0.05, 0.1) is 11.4 Å². The van der Waals surface area contributed by atoms with Gasteiger partial charge in [-0.2, -0.15) is 0 Å². The van der Waals surface area contributed by atoms with Crippen molar-refractivity contribution in [3.05, 3.63) is 90.7 Å². The monoisotopic (exact) mass is 321 g/mol. The molecule has 0 fully saturated rings. The van der Waals surface area contributed by atoms with E-state index in [4.69, 9.17) is 0 Å². The predicted molar refractivity (Wildman–Crippen MR) is 93.6 cm³/mol. The van der Waals surface area contributed by atoms with Gasteiger partial charge in [-0.1, -0.05) is 36.4 Å². The SMILES string of the molecule is O=C(Nc1ccc(F)cc1)NN(c1ccccc1)c1ccccc1. The highest BCUT2D eigenvalue weighted by molar-refractivity contribution is 5.91. The highest BCUT2D eigenvalue weighted by Crippen LogP contribution is 2.22. The Bertz CT molecular complexity index is 752. The maximum atomic E-state index is 12.9. The van der Waals surface area contributed by atoms with E-state index in [0.29, 0.717) is 5.69 Å². The van der Waals surface area contributed by atoms with E-state index < -0.39 is 6.03 Å². The van der Waals surface area contributed by atoms with Gasteiger partial charge in [0, 0.05) is 5.69 Å². The lowest BCUT2D eigenvalue weighted by atomic mass is 10.2. The molecular formula is C19H16FN3O. The first-order valence-electron chi connectivity index (χ1n) is 7.46. The molecule has 0 aromatic heterocycles. The number of para-hydroxylation sites is 2. The number of carbonyl (C=O) groups excluding carboxylic acids is 1. The average Bonchev–Trinajstić information content (AvgIpc) is 2.63. The minimum absolute atomic E-state index is 0.351. The summed E-state index contributed by atoms with van der Waals surface area (Å²) in [5, 5.41) is 4.36. The number of hydrogen-bond acceptors (Lipinski definition) is 2. The Morgan fingerprint density at radius 3 is 1.75 bits per heavy atom. The zero-order chi connectivity index (χ0) is 16.8. The molecule has 120 valence electrons. The van der Waals surface area contributed by atoms with Crippen LogP contribution >= 0.6 is 0 Å². The fourth-order valence-electron chi connectivity index (χ4n) is 2.23. The Morgan fingerprint density at radius 1 is 0.750 bits per heavy atom. The fourth-order valence-corrected chi connectivity index (χ4v) is 2.23. The molecule has 0 atom stereocenters. The van der Waals surface area contributed by atoms with Gasteiger partial charge in [-0.25, -0.2) is 14.6 Å². The molecule has 3 aromatic carbocycles. The normalized spacial score (nSPS) is 10.0. The van der Waals surface area contributed by atoms with Crippen LogP contribution in [0.3, 0.4) is 0 Å². The van der Waals surface area contributed by atoms with Gasteiger partial charge in [0.1, 0.15) is 5.82 Å². The molecule has 0 saturated heterocycles. The third-order valence-corrected chi connectivity index (χ3v) is 3.34. The molecule has 2 N–H and O–H groups in total. The minimum atomic E-state index is -0.422. The fraction of sp³-hybridized carbons (Fsp3) is 0. The number of anilines is 3. The molecule has 0 bridgehead atoms. The Kier molecular flexibility index (Phi) is 4.72. The number of amides is 2. The van der Waals surface area contributed by atoms with Crippen molar-refractivity contribution >= 4 is 23.1 Å². The van der Waals surface area contributed by atoms with Crippen LogP contribution in [0.2, 0.25) is 0 Å². The van der Waals surface area contributed by atoms with Gasteiger partial charge in [-0.05, 0) is 48.5 Å². The summed E-state index contributed by atoms with van der Waals surface area (Å²) in [6.07, 6.45) is 0. The van der Waals surface area contributed by atoms with E-state index in [-0.39, 0.29) is 5.82 Å². The summed E-state index contributed by atoms with van der Waals surface area (Å²) in [5.74, 6) is -0.351. The summed E-state index contributed by atoms with van der Waals surface area (Å²) in [7, 11) is 0.